The van der Waals surface area contributed by atoms with Crippen LogP contribution in [-0.4, -0.2) is 59.2 Å². The summed E-state index contributed by atoms with van der Waals surface area (Å²) < 4.78 is 5.12. The highest BCUT2D eigenvalue weighted by molar-refractivity contribution is 6.22. The third-order valence-corrected chi connectivity index (χ3v) is 6.09. The van der Waals surface area contributed by atoms with Crippen LogP contribution in [0.4, 0.5) is 0 Å². The molecule has 0 bridgehead atoms. The molecule has 28 heavy (non-hydrogen) atoms. The van der Waals surface area contributed by atoms with Gasteiger partial charge in [-0.25, -0.2) is 0 Å². The second kappa shape index (κ2) is 7.73. The molecule has 1 saturated heterocycles. The molecule has 7 nitrogen and oxygen atoms in total. The van der Waals surface area contributed by atoms with Gasteiger partial charge in [0.1, 0.15) is 6.54 Å². The summed E-state index contributed by atoms with van der Waals surface area (Å²) in [5.41, 5.74) is 0.570. The van der Waals surface area contributed by atoms with Crippen molar-refractivity contribution >= 4 is 23.7 Å². The summed E-state index contributed by atoms with van der Waals surface area (Å²) in [7, 11) is 0. The number of hydrogen-bond acceptors (Lipinski definition) is 5. The molecule has 1 aliphatic carbocycles. The zero-order valence-electron chi connectivity index (χ0n) is 15.8. The normalized spacial score (nSPS) is 24.0. The van der Waals surface area contributed by atoms with E-state index in [1.54, 1.807) is 24.3 Å². The van der Waals surface area contributed by atoms with E-state index in [1.807, 2.05) is 4.90 Å². The summed E-state index contributed by atoms with van der Waals surface area (Å²) >= 11 is 0. The highest BCUT2D eigenvalue weighted by Gasteiger charge is 2.38. The molecular weight excluding hydrogens is 360 g/mol. The summed E-state index contributed by atoms with van der Waals surface area (Å²) in [5, 5.41) is 0. The number of likely N-dealkylation sites (tertiary alicyclic amines) is 1. The number of carbonyl (C=O) groups excluding carboxylic acids is 4. The quantitative estimate of drug-likeness (QED) is 0.586. The van der Waals surface area contributed by atoms with Gasteiger partial charge in [-0.3, -0.25) is 24.1 Å². The van der Waals surface area contributed by atoms with Crippen molar-refractivity contribution in [3.63, 3.8) is 0 Å². The Bertz CT molecular complexity index is 784. The van der Waals surface area contributed by atoms with E-state index in [0.717, 1.165) is 37.0 Å². The average Bonchev–Trinajstić information content (AvgIpc) is 2.96. The Kier molecular flexibility index (Phi) is 5.15. The second-order valence-corrected chi connectivity index (χ2v) is 7.74. The largest absolute Gasteiger partial charge is 0.454 e. The molecule has 2 heterocycles. The van der Waals surface area contributed by atoms with E-state index in [9.17, 15) is 19.2 Å². The van der Waals surface area contributed by atoms with Crippen molar-refractivity contribution in [2.45, 2.75) is 44.6 Å². The molecule has 2 fully saturated rings. The Morgan fingerprint density at radius 1 is 0.964 bits per heavy atom. The van der Waals surface area contributed by atoms with Crippen LogP contribution in [0.3, 0.4) is 0 Å². The molecule has 0 unspecified atom stereocenters. The van der Waals surface area contributed by atoms with Crippen LogP contribution in [0, 0.1) is 5.92 Å². The van der Waals surface area contributed by atoms with Crippen LogP contribution in [0.5, 0.6) is 0 Å². The van der Waals surface area contributed by atoms with Gasteiger partial charge >= 0.3 is 5.97 Å². The fourth-order valence-corrected chi connectivity index (χ4v) is 4.72. The number of piperidine rings is 1. The standard InChI is InChI=1S/C21H24N2O5/c24-18(22-11-5-7-14-6-1-4-10-17(14)22)13-28-19(25)12-23-20(26)15-8-2-3-9-16(15)21(23)27/h2-3,8-9,14,17H,1,4-7,10-13H2/t14-,17+/m0/s1. The van der Waals surface area contributed by atoms with E-state index in [1.165, 1.54) is 6.42 Å². The maximum Gasteiger partial charge on any atom is 0.326 e. The van der Waals surface area contributed by atoms with Gasteiger partial charge in [-0.05, 0) is 43.7 Å². The minimum Gasteiger partial charge on any atom is -0.454 e. The summed E-state index contributed by atoms with van der Waals surface area (Å²) in [6.07, 6.45) is 6.67. The number of nitrogens with zero attached hydrogens (tertiary/aromatic N) is 2. The fourth-order valence-electron chi connectivity index (χ4n) is 4.72. The molecule has 1 aromatic rings. The molecule has 1 aromatic carbocycles. The minimum absolute atomic E-state index is 0.188. The summed E-state index contributed by atoms with van der Waals surface area (Å²) in [6.45, 7) is -0.118. The van der Waals surface area contributed by atoms with Crippen molar-refractivity contribution in [3.8, 4) is 0 Å². The van der Waals surface area contributed by atoms with Gasteiger partial charge in [0.25, 0.3) is 17.7 Å². The first-order valence-electron chi connectivity index (χ1n) is 9.96. The Morgan fingerprint density at radius 3 is 2.32 bits per heavy atom. The number of ether oxygens (including phenoxy) is 1. The molecule has 2 atom stereocenters. The maximum atomic E-state index is 12.6. The molecule has 1 saturated carbocycles. The SMILES string of the molecule is O=C(CN1C(=O)c2ccccc2C1=O)OCC(=O)N1CCC[C@@H]2CCCC[C@H]21. The Labute approximate surface area is 163 Å². The van der Waals surface area contributed by atoms with Gasteiger partial charge in [-0.1, -0.05) is 25.0 Å². The first-order valence-corrected chi connectivity index (χ1v) is 9.96. The van der Waals surface area contributed by atoms with E-state index in [-0.39, 0.29) is 29.7 Å². The second-order valence-electron chi connectivity index (χ2n) is 7.74. The third-order valence-electron chi connectivity index (χ3n) is 6.09. The molecule has 2 aliphatic heterocycles. The smallest absolute Gasteiger partial charge is 0.326 e. The van der Waals surface area contributed by atoms with E-state index in [0.29, 0.717) is 12.5 Å². The number of rotatable bonds is 4. The van der Waals surface area contributed by atoms with Crippen LogP contribution >= 0.6 is 0 Å². The molecule has 7 heteroatoms. The lowest BCUT2D eigenvalue weighted by atomic mass is 9.78. The third kappa shape index (κ3) is 3.41. The molecule has 0 spiro atoms. The highest BCUT2D eigenvalue weighted by Crippen LogP contribution is 2.35. The molecule has 0 aromatic heterocycles. The van der Waals surface area contributed by atoms with Crippen LogP contribution in [-0.2, 0) is 14.3 Å². The summed E-state index contributed by atoms with van der Waals surface area (Å²) in [6, 6.07) is 6.71. The van der Waals surface area contributed by atoms with E-state index in [2.05, 4.69) is 0 Å². The van der Waals surface area contributed by atoms with Crippen molar-refractivity contribution in [3.05, 3.63) is 35.4 Å². The van der Waals surface area contributed by atoms with Crippen LogP contribution < -0.4 is 0 Å². The first-order chi connectivity index (χ1) is 13.6. The van der Waals surface area contributed by atoms with Crippen LogP contribution in [0.1, 0.15) is 59.2 Å². The van der Waals surface area contributed by atoms with Crippen molar-refractivity contribution in [2.75, 3.05) is 19.7 Å². The van der Waals surface area contributed by atoms with Crippen LogP contribution in [0.2, 0.25) is 0 Å². The van der Waals surface area contributed by atoms with Gasteiger partial charge in [-0.2, -0.15) is 0 Å². The number of amides is 3. The Balaban J connectivity index is 1.32. The predicted octanol–water partition coefficient (Wildman–Crippen LogP) is 2.01. The lowest BCUT2D eigenvalue weighted by Crippen LogP contribution is -2.51. The number of benzene rings is 1. The van der Waals surface area contributed by atoms with Crippen molar-refractivity contribution in [2.24, 2.45) is 5.92 Å². The van der Waals surface area contributed by atoms with Gasteiger partial charge in [0.2, 0.25) is 0 Å². The predicted molar refractivity (Wildman–Crippen MR) is 99.5 cm³/mol. The molecule has 3 amide bonds. The van der Waals surface area contributed by atoms with E-state index < -0.39 is 24.3 Å². The topological polar surface area (TPSA) is 84.0 Å². The number of hydrogen-bond donors (Lipinski definition) is 0. The monoisotopic (exact) mass is 384 g/mol. The van der Waals surface area contributed by atoms with Gasteiger partial charge < -0.3 is 9.64 Å². The summed E-state index contributed by atoms with van der Waals surface area (Å²) in [4.78, 5) is 52.1. The van der Waals surface area contributed by atoms with Gasteiger partial charge in [0.15, 0.2) is 6.61 Å². The fraction of sp³-hybridized carbons (Fsp3) is 0.524. The van der Waals surface area contributed by atoms with E-state index in [4.69, 9.17) is 4.74 Å². The zero-order valence-corrected chi connectivity index (χ0v) is 15.8. The molecule has 0 radical (unpaired) electrons. The number of esters is 1. The van der Waals surface area contributed by atoms with Crippen molar-refractivity contribution in [1.82, 2.24) is 9.80 Å². The van der Waals surface area contributed by atoms with Crippen LogP contribution in [0.15, 0.2) is 24.3 Å². The number of imide groups is 1. The number of carbonyl (C=O) groups is 4. The van der Waals surface area contributed by atoms with Crippen molar-refractivity contribution in [1.29, 1.82) is 0 Å². The zero-order chi connectivity index (χ0) is 19.7. The molecular formula is C21H24N2O5. The van der Waals surface area contributed by atoms with Crippen molar-refractivity contribution < 1.29 is 23.9 Å². The van der Waals surface area contributed by atoms with E-state index >= 15 is 0 Å². The van der Waals surface area contributed by atoms with Gasteiger partial charge in [0, 0.05) is 12.6 Å². The molecule has 4 rings (SSSR count). The lowest BCUT2D eigenvalue weighted by molar-refractivity contribution is -0.154. The maximum absolute atomic E-state index is 12.6. The molecule has 148 valence electrons. The van der Waals surface area contributed by atoms with Gasteiger partial charge in [-0.15, -0.1) is 0 Å². The Morgan fingerprint density at radius 2 is 1.61 bits per heavy atom. The highest BCUT2D eigenvalue weighted by atomic mass is 16.5. The average molecular weight is 384 g/mol. The minimum atomic E-state index is -0.750. The molecule has 3 aliphatic rings. The molecule has 0 N–H and O–H groups in total. The Hall–Kier alpha value is -2.70. The first kappa shape index (κ1) is 18.7. The lowest BCUT2D eigenvalue weighted by Gasteiger charge is -2.44. The summed E-state index contributed by atoms with van der Waals surface area (Å²) in [5.74, 6) is -1.40. The van der Waals surface area contributed by atoms with Crippen LogP contribution in [0.25, 0.3) is 0 Å². The van der Waals surface area contributed by atoms with Gasteiger partial charge in [0.05, 0.1) is 11.1 Å². The number of fused-ring (bicyclic) bond motifs is 2.